The number of carbonyl (C=O) groups excluding carboxylic acids is 2. The minimum atomic E-state index is -0.337. The van der Waals surface area contributed by atoms with Gasteiger partial charge in [-0.2, -0.15) is 0 Å². The Balaban J connectivity index is 1.59. The van der Waals surface area contributed by atoms with Crippen LogP contribution in [0.4, 0.5) is 0 Å². The van der Waals surface area contributed by atoms with Gasteiger partial charge in [-0.15, -0.1) is 0 Å². The van der Waals surface area contributed by atoms with E-state index in [9.17, 15) is 9.59 Å². The van der Waals surface area contributed by atoms with Crippen molar-refractivity contribution in [3.05, 3.63) is 34.9 Å². The molecule has 0 radical (unpaired) electrons. The van der Waals surface area contributed by atoms with Gasteiger partial charge in [0.2, 0.25) is 5.91 Å². The maximum absolute atomic E-state index is 13.4. The summed E-state index contributed by atoms with van der Waals surface area (Å²) in [4.78, 5) is 30.5. The highest BCUT2D eigenvalue weighted by molar-refractivity contribution is 6.30. The van der Waals surface area contributed by atoms with E-state index in [0.29, 0.717) is 29.6 Å². The van der Waals surface area contributed by atoms with Crippen molar-refractivity contribution in [1.29, 1.82) is 0 Å². The molecule has 2 heterocycles. The highest BCUT2D eigenvalue weighted by Crippen LogP contribution is 2.41. The average Bonchev–Trinajstić information content (AvgIpc) is 3.07. The topological polar surface area (TPSA) is 66.6 Å². The van der Waals surface area contributed by atoms with Gasteiger partial charge >= 0.3 is 0 Å². The molecule has 2 amide bonds. The third-order valence-corrected chi connectivity index (χ3v) is 6.80. The van der Waals surface area contributed by atoms with Crippen LogP contribution in [0.25, 0.3) is 0 Å². The number of carbonyl (C=O) groups is 2. The predicted octanol–water partition coefficient (Wildman–Crippen LogP) is 3.06. The Morgan fingerprint density at radius 3 is 2.37 bits per heavy atom. The van der Waals surface area contributed by atoms with Crippen molar-refractivity contribution in [3.63, 3.8) is 0 Å². The fourth-order valence-electron chi connectivity index (χ4n) is 5.04. The first-order chi connectivity index (χ1) is 13.0. The summed E-state index contributed by atoms with van der Waals surface area (Å²) >= 11 is 5.98. The predicted molar refractivity (Wildman–Crippen MR) is 106 cm³/mol. The van der Waals surface area contributed by atoms with Crippen LogP contribution in [-0.4, -0.2) is 52.8 Å². The van der Waals surface area contributed by atoms with Crippen molar-refractivity contribution in [2.45, 2.75) is 63.1 Å². The second-order valence-corrected chi connectivity index (χ2v) is 8.68. The van der Waals surface area contributed by atoms with Crippen molar-refractivity contribution in [3.8, 4) is 0 Å². The molecule has 27 heavy (non-hydrogen) atoms. The number of rotatable bonds is 2. The zero-order valence-corrected chi connectivity index (χ0v) is 16.4. The quantitative estimate of drug-likeness (QED) is 0.845. The largest absolute Gasteiger partial charge is 0.341 e. The van der Waals surface area contributed by atoms with Gasteiger partial charge in [0, 0.05) is 35.8 Å². The molecule has 5 nitrogen and oxygen atoms in total. The molecule has 1 aromatic rings. The number of likely N-dealkylation sites (tertiary alicyclic amines) is 2. The number of hydrogen-bond donors (Lipinski definition) is 1. The Bertz CT molecular complexity index is 700. The van der Waals surface area contributed by atoms with Crippen LogP contribution in [0.3, 0.4) is 0 Å². The Hall–Kier alpha value is -1.59. The Morgan fingerprint density at radius 1 is 1.00 bits per heavy atom. The van der Waals surface area contributed by atoms with E-state index in [1.807, 2.05) is 9.80 Å². The van der Waals surface area contributed by atoms with Crippen LogP contribution in [-0.2, 0) is 4.79 Å². The summed E-state index contributed by atoms with van der Waals surface area (Å²) in [6.45, 7) is 1.41. The molecule has 2 saturated heterocycles. The summed E-state index contributed by atoms with van der Waals surface area (Å²) in [7, 11) is 0. The van der Waals surface area contributed by atoms with E-state index in [0.717, 1.165) is 38.5 Å². The fraction of sp³-hybridized carbons (Fsp3) is 0.619. The highest BCUT2D eigenvalue weighted by atomic mass is 35.5. The molecular formula is C21H28ClN3O2. The molecule has 0 aromatic heterocycles. The fourth-order valence-corrected chi connectivity index (χ4v) is 5.17. The number of hydrogen-bond acceptors (Lipinski definition) is 3. The smallest absolute Gasteiger partial charge is 0.254 e. The number of fused-ring (bicyclic) bond motifs is 1. The molecule has 146 valence electrons. The maximum Gasteiger partial charge on any atom is 0.254 e. The molecule has 1 aromatic carbocycles. The van der Waals surface area contributed by atoms with Gasteiger partial charge in [-0.25, -0.2) is 0 Å². The third-order valence-electron chi connectivity index (χ3n) is 6.55. The molecule has 3 aliphatic rings. The molecule has 0 spiro atoms. The lowest BCUT2D eigenvalue weighted by Gasteiger charge is -2.37. The minimum absolute atomic E-state index is 0.0341. The van der Waals surface area contributed by atoms with E-state index in [-0.39, 0.29) is 29.9 Å². The van der Waals surface area contributed by atoms with Crippen LogP contribution in [0.2, 0.25) is 5.02 Å². The van der Waals surface area contributed by atoms with E-state index in [1.54, 1.807) is 24.3 Å². The van der Waals surface area contributed by atoms with Gasteiger partial charge in [0.25, 0.3) is 5.91 Å². The Kier molecular flexibility index (Phi) is 5.42. The number of amides is 2. The van der Waals surface area contributed by atoms with Crippen molar-refractivity contribution in [1.82, 2.24) is 9.80 Å². The minimum Gasteiger partial charge on any atom is -0.341 e. The molecule has 6 heteroatoms. The van der Waals surface area contributed by atoms with Crippen LogP contribution >= 0.6 is 11.6 Å². The molecule has 0 bridgehead atoms. The standard InChI is InChI=1S/C21H28ClN3O2/c22-16-7-5-14(6-8-16)20(26)25-18-4-2-1-3-15(18)13-19(25)21(27)24-11-9-17(23)10-12-24/h5-8,15,17-19H,1-4,9-13,23H2. The molecule has 1 saturated carbocycles. The summed E-state index contributed by atoms with van der Waals surface area (Å²) in [5.41, 5.74) is 6.61. The first kappa shape index (κ1) is 18.8. The van der Waals surface area contributed by atoms with Gasteiger partial charge in [-0.05, 0) is 62.3 Å². The Labute approximate surface area is 165 Å². The van der Waals surface area contributed by atoms with Crippen LogP contribution in [0.15, 0.2) is 24.3 Å². The van der Waals surface area contributed by atoms with Gasteiger partial charge in [0.05, 0.1) is 0 Å². The van der Waals surface area contributed by atoms with E-state index in [4.69, 9.17) is 17.3 Å². The molecule has 4 rings (SSSR count). The summed E-state index contributed by atoms with van der Waals surface area (Å²) in [5, 5.41) is 0.612. The average molecular weight is 390 g/mol. The van der Waals surface area contributed by atoms with Crippen LogP contribution in [0, 0.1) is 5.92 Å². The van der Waals surface area contributed by atoms with Crippen molar-refractivity contribution in [2.24, 2.45) is 11.7 Å². The molecule has 2 N–H and O–H groups in total. The first-order valence-electron chi connectivity index (χ1n) is 10.2. The van der Waals surface area contributed by atoms with Crippen LogP contribution in [0.1, 0.15) is 55.3 Å². The van der Waals surface area contributed by atoms with Gasteiger partial charge in [0.1, 0.15) is 6.04 Å². The first-order valence-corrected chi connectivity index (χ1v) is 10.5. The van der Waals surface area contributed by atoms with Gasteiger partial charge < -0.3 is 15.5 Å². The zero-order valence-electron chi connectivity index (χ0n) is 15.6. The molecule has 2 aliphatic heterocycles. The van der Waals surface area contributed by atoms with Gasteiger partial charge in [-0.1, -0.05) is 24.4 Å². The van der Waals surface area contributed by atoms with Crippen molar-refractivity contribution in [2.75, 3.05) is 13.1 Å². The van der Waals surface area contributed by atoms with Crippen LogP contribution < -0.4 is 5.73 Å². The zero-order chi connectivity index (χ0) is 19.0. The SMILES string of the molecule is NC1CCN(C(=O)C2CC3CCCCC3N2C(=O)c2ccc(Cl)cc2)CC1. The normalized spacial score (nSPS) is 28.9. The number of benzene rings is 1. The highest BCUT2D eigenvalue weighted by Gasteiger charge is 2.48. The molecule has 3 fully saturated rings. The van der Waals surface area contributed by atoms with E-state index < -0.39 is 0 Å². The molecule has 3 unspecified atom stereocenters. The van der Waals surface area contributed by atoms with Gasteiger partial charge in [0.15, 0.2) is 0 Å². The van der Waals surface area contributed by atoms with Gasteiger partial charge in [-0.3, -0.25) is 9.59 Å². The maximum atomic E-state index is 13.4. The monoisotopic (exact) mass is 389 g/mol. The third kappa shape index (κ3) is 3.72. The molecule has 1 aliphatic carbocycles. The number of nitrogens with two attached hydrogens (primary N) is 1. The number of piperidine rings is 1. The summed E-state index contributed by atoms with van der Waals surface area (Å²) in [5.74, 6) is 0.516. The van der Waals surface area contributed by atoms with Crippen molar-refractivity contribution < 1.29 is 9.59 Å². The number of halogens is 1. The summed E-state index contributed by atoms with van der Waals surface area (Å²) < 4.78 is 0. The van der Waals surface area contributed by atoms with Crippen molar-refractivity contribution >= 4 is 23.4 Å². The van der Waals surface area contributed by atoms with E-state index >= 15 is 0 Å². The lowest BCUT2D eigenvalue weighted by Crippen LogP contribution is -2.53. The molecular weight excluding hydrogens is 362 g/mol. The number of nitrogens with zero attached hydrogens (tertiary/aromatic N) is 2. The second-order valence-electron chi connectivity index (χ2n) is 8.25. The van der Waals surface area contributed by atoms with Crippen LogP contribution in [0.5, 0.6) is 0 Å². The summed E-state index contributed by atoms with van der Waals surface area (Å²) in [6.07, 6.45) is 6.93. The second kappa shape index (κ2) is 7.80. The lowest BCUT2D eigenvalue weighted by atomic mass is 9.84. The summed E-state index contributed by atoms with van der Waals surface area (Å²) in [6, 6.07) is 7.05. The van der Waals surface area contributed by atoms with E-state index in [2.05, 4.69) is 0 Å². The Morgan fingerprint density at radius 2 is 1.67 bits per heavy atom. The lowest BCUT2D eigenvalue weighted by molar-refractivity contribution is -0.136. The molecule has 3 atom stereocenters. The van der Waals surface area contributed by atoms with E-state index in [1.165, 1.54) is 6.42 Å².